The number of anilines is 2. The van der Waals surface area contributed by atoms with Gasteiger partial charge in [-0.25, -0.2) is 13.4 Å². The van der Waals surface area contributed by atoms with Crippen molar-refractivity contribution in [1.29, 1.82) is 0 Å². The van der Waals surface area contributed by atoms with Gasteiger partial charge in [0.15, 0.2) is 9.84 Å². The third kappa shape index (κ3) is 4.70. The Morgan fingerprint density at radius 3 is 2.58 bits per heavy atom. The summed E-state index contributed by atoms with van der Waals surface area (Å²) in [7, 11) is -3.09. The predicted molar refractivity (Wildman–Crippen MR) is 80.4 cm³/mol. The Hall–Kier alpha value is -1.30. The van der Waals surface area contributed by atoms with Gasteiger partial charge in [-0.2, -0.15) is 0 Å². The molecule has 19 heavy (non-hydrogen) atoms. The number of nitrogens with zero attached hydrogens (tertiary/aromatic N) is 1. The van der Waals surface area contributed by atoms with Crippen LogP contribution in [0.1, 0.15) is 27.2 Å². The van der Waals surface area contributed by atoms with E-state index in [-0.39, 0.29) is 0 Å². The van der Waals surface area contributed by atoms with Gasteiger partial charge in [0.25, 0.3) is 0 Å². The molecule has 0 aliphatic carbocycles. The fourth-order valence-electron chi connectivity index (χ4n) is 1.34. The summed E-state index contributed by atoms with van der Waals surface area (Å²) in [6, 6.07) is 3.71. The zero-order chi connectivity index (χ0) is 14.5. The van der Waals surface area contributed by atoms with Gasteiger partial charge in [-0.1, -0.05) is 6.92 Å². The molecule has 1 heterocycles. The average Bonchev–Trinajstić information content (AvgIpc) is 2.33. The zero-order valence-corrected chi connectivity index (χ0v) is 12.8. The van der Waals surface area contributed by atoms with Gasteiger partial charge in [-0.3, -0.25) is 0 Å². The fraction of sp³-hybridized carbons (Fsp3) is 0.615. The summed E-state index contributed by atoms with van der Waals surface area (Å²) in [4.78, 5) is 4.20. The number of sulfone groups is 1. The van der Waals surface area contributed by atoms with E-state index in [9.17, 15) is 8.42 Å². The molecule has 1 aromatic heterocycles. The molecule has 0 radical (unpaired) electrons. The van der Waals surface area contributed by atoms with Gasteiger partial charge in [0.1, 0.15) is 5.82 Å². The quantitative estimate of drug-likeness (QED) is 0.803. The minimum atomic E-state index is -3.09. The Morgan fingerprint density at radius 2 is 2.00 bits per heavy atom. The first-order valence-electron chi connectivity index (χ1n) is 6.39. The van der Waals surface area contributed by atoms with Crippen LogP contribution in [0.25, 0.3) is 0 Å². The molecule has 0 aliphatic heterocycles. The molecule has 108 valence electrons. The smallest absolute Gasteiger partial charge is 0.154 e. The van der Waals surface area contributed by atoms with E-state index in [2.05, 4.69) is 22.5 Å². The topological polar surface area (TPSA) is 71.1 Å². The second kappa shape index (κ2) is 6.23. The molecule has 0 fully saturated rings. The van der Waals surface area contributed by atoms with Crippen molar-refractivity contribution in [3.63, 3.8) is 0 Å². The molecule has 0 aliphatic rings. The van der Waals surface area contributed by atoms with Crippen LogP contribution in [0, 0.1) is 0 Å². The summed E-state index contributed by atoms with van der Waals surface area (Å²) in [5.74, 6) is 0.795. The molecule has 0 bridgehead atoms. The van der Waals surface area contributed by atoms with E-state index in [4.69, 9.17) is 0 Å². The summed E-state index contributed by atoms with van der Waals surface area (Å²) >= 11 is 0. The molecule has 0 unspecified atom stereocenters. The Morgan fingerprint density at radius 1 is 1.32 bits per heavy atom. The summed E-state index contributed by atoms with van der Waals surface area (Å²) in [5.41, 5.74) is 0.866. The molecule has 0 saturated carbocycles. The number of hydrogen-bond acceptors (Lipinski definition) is 5. The van der Waals surface area contributed by atoms with Gasteiger partial charge in [0, 0.05) is 37.3 Å². The first-order chi connectivity index (χ1) is 8.76. The molecule has 2 N–H and O–H groups in total. The summed E-state index contributed by atoms with van der Waals surface area (Å²) < 4.78 is 22.4. The van der Waals surface area contributed by atoms with E-state index < -0.39 is 14.6 Å². The highest BCUT2D eigenvalue weighted by atomic mass is 32.2. The average molecular weight is 285 g/mol. The third-order valence-corrected chi connectivity index (χ3v) is 5.19. The lowest BCUT2D eigenvalue weighted by Crippen LogP contribution is -2.38. The molecular formula is C13H23N3O2S. The molecular weight excluding hydrogens is 262 g/mol. The van der Waals surface area contributed by atoms with Crippen LogP contribution in [-0.4, -0.2) is 37.5 Å². The summed E-state index contributed by atoms with van der Waals surface area (Å²) in [6.45, 7) is 6.75. The Balaban J connectivity index is 2.68. The number of aromatic nitrogens is 1. The van der Waals surface area contributed by atoms with Crippen LogP contribution in [0.2, 0.25) is 0 Å². The molecule has 5 nitrogen and oxygen atoms in total. The van der Waals surface area contributed by atoms with Crippen molar-refractivity contribution in [3.05, 3.63) is 18.3 Å². The SMILES string of the molecule is CCCNc1cc(NCC(C)(C)S(C)(=O)=O)ccn1. The summed E-state index contributed by atoms with van der Waals surface area (Å²) in [6.07, 6.45) is 3.99. The van der Waals surface area contributed by atoms with Crippen LogP contribution >= 0.6 is 0 Å². The zero-order valence-electron chi connectivity index (χ0n) is 12.0. The van der Waals surface area contributed by atoms with Gasteiger partial charge < -0.3 is 10.6 Å². The molecule has 0 saturated heterocycles. The van der Waals surface area contributed by atoms with E-state index >= 15 is 0 Å². The first-order valence-corrected chi connectivity index (χ1v) is 8.29. The minimum absolute atomic E-state index is 0.364. The van der Waals surface area contributed by atoms with Crippen molar-refractivity contribution < 1.29 is 8.42 Å². The molecule has 0 aromatic carbocycles. The highest BCUT2D eigenvalue weighted by Crippen LogP contribution is 2.18. The Bertz CT molecular complexity index is 512. The van der Waals surface area contributed by atoms with Crippen LogP contribution in [0.3, 0.4) is 0 Å². The maximum atomic E-state index is 11.6. The molecule has 1 rings (SSSR count). The molecule has 0 atom stereocenters. The third-order valence-electron chi connectivity index (χ3n) is 3.04. The maximum Gasteiger partial charge on any atom is 0.154 e. The second-order valence-corrected chi connectivity index (χ2v) is 7.89. The maximum absolute atomic E-state index is 11.6. The molecule has 1 aromatic rings. The van der Waals surface area contributed by atoms with Gasteiger partial charge in [0.05, 0.1) is 4.75 Å². The van der Waals surface area contributed by atoms with E-state index in [1.54, 1.807) is 20.0 Å². The van der Waals surface area contributed by atoms with Crippen molar-refractivity contribution in [2.45, 2.75) is 31.9 Å². The van der Waals surface area contributed by atoms with Crippen molar-refractivity contribution in [2.24, 2.45) is 0 Å². The van der Waals surface area contributed by atoms with Gasteiger partial charge >= 0.3 is 0 Å². The van der Waals surface area contributed by atoms with Gasteiger partial charge in [-0.15, -0.1) is 0 Å². The van der Waals surface area contributed by atoms with Crippen molar-refractivity contribution >= 4 is 21.3 Å². The number of rotatable bonds is 7. The normalized spacial score (nSPS) is 12.2. The number of pyridine rings is 1. The van der Waals surface area contributed by atoms with E-state index in [0.717, 1.165) is 24.5 Å². The van der Waals surface area contributed by atoms with E-state index in [1.807, 2.05) is 12.1 Å². The van der Waals surface area contributed by atoms with E-state index in [0.29, 0.717) is 6.54 Å². The largest absolute Gasteiger partial charge is 0.383 e. The van der Waals surface area contributed by atoms with Crippen molar-refractivity contribution in [1.82, 2.24) is 4.98 Å². The lowest BCUT2D eigenvalue weighted by molar-refractivity contribution is 0.560. The Kier molecular flexibility index (Phi) is 5.17. The highest BCUT2D eigenvalue weighted by molar-refractivity contribution is 7.92. The highest BCUT2D eigenvalue weighted by Gasteiger charge is 2.29. The molecule has 0 spiro atoms. The van der Waals surface area contributed by atoms with Crippen molar-refractivity contribution in [3.8, 4) is 0 Å². The van der Waals surface area contributed by atoms with Gasteiger partial charge in [0.2, 0.25) is 0 Å². The fourth-order valence-corrected chi connectivity index (χ4v) is 1.67. The second-order valence-electron chi connectivity index (χ2n) is 5.24. The van der Waals surface area contributed by atoms with Gasteiger partial charge in [-0.05, 0) is 26.3 Å². The molecule has 6 heteroatoms. The lowest BCUT2D eigenvalue weighted by Gasteiger charge is -2.23. The lowest BCUT2D eigenvalue weighted by atomic mass is 10.2. The molecule has 0 amide bonds. The van der Waals surface area contributed by atoms with E-state index in [1.165, 1.54) is 6.26 Å². The number of nitrogens with one attached hydrogen (secondary N) is 2. The van der Waals surface area contributed by atoms with Crippen molar-refractivity contribution in [2.75, 3.05) is 30.0 Å². The minimum Gasteiger partial charge on any atom is -0.383 e. The predicted octanol–water partition coefficient (Wildman–Crippen LogP) is 2.14. The Labute approximate surface area is 115 Å². The standard InChI is InChI=1S/C13H23N3O2S/c1-5-7-14-12-9-11(6-8-15-12)16-10-13(2,3)19(4,17)18/h6,8-9H,5,7,10H2,1-4H3,(H2,14,15,16). The van der Waals surface area contributed by atoms with Crippen LogP contribution in [0.5, 0.6) is 0 Å². The van der Waals surface area contributed by atoms with Crippen LogP contribution < -0.4 is 10.6 Å². The first kappa shape index (κ1) is 15.8. The number of hydrogen-bond donors (Lipinski definition) is 2. The van der Waals surface area contributed by atoms with Crippen LogP contribution in [-0.2, 0) is 9.84 Å². The van der Waals surface area contributed by atoms with Crippen LogP contribution in [0.15, 0.2) is 18.3 Å². The monoisotopic (exact) mass is 285 g/mol. The van der Waals surface area contributed by atoms with Crippen LogP contribution in [0.4, 0.5) is 11.5 Å². The summed E-state index contributed by atoms with van der Waals surface area (Å²) in [5, 5.41) is 6.34.